The average Bonchev–Trinajstić information content (AvgIpc) is 2.86. The molecule has 2 N–H and O–H groups in total. The SMILES string of the molecule is Cc1cccc2nc(N)n(CC3(C)CCCC3)c12. The highest BCUT2D eigenvalue weighted by atomic mass is 15.2. The van der Waals surface area contributed by atoms with Crippen molar-refractivity contribution in [1.29, 1.82) is 0 Å². The molecule has 1 heterocycles. The summed E-state index contributed by atoms with van der Waals surface area (Å²) in [4.78, 5) is 4.49. The van der Waals surface area contributed by atoms with Gasteiger partial charge in [-0.2, -0.15) is 0 Å². The van der Waals surface area contributed by atoms with E-state index in [2.05, 4.69) is 29.5 Å². The molecule has 0 saturated heterocycles. The maximum absolute atomic E-state index is 6.11. The molecule has 0 atom stereocenters. The first-order valence-corrected chi connectivity index (χ1v) is 6.80. The summed E-state index contributed by atoms with van der Waals surface area (Å²) in [5.41, 5.74) is 10.00. The van der Waals surface area contributed by atoms with Crippen molar-refractivity contribution in [3.8, 4) is 0 Å². The van der Waals surface area contributed by atoms with E-state index in [4.69, 9.17) is 5.73 Å². The Hall–Kier alpha value is -1.51. The zero-order valence-electron chi connectivity index (χ0n) is 11.2. The van der Waals surface area contributed by atoms with Crippen molar-refractivity contribution in [3.63, 3.8) is 0 Å². The first-order chi connectivity index (χ1) is 8.59. The van der Waals surface area contributed by atoms with Gasteiger partial charge in [0.15, 0.2) is 0 Å². The number of fused-ring (bicyclic) bond motifs is 1. The molecule has 18 heavy (non-hydrogen) atoms. The number of aromatic nitrogens is 2. The van der Waals surface area contributed by atoms with Gasteiger partial charge in [0.2, 0.25) is 5.95 Å². The van der Waals surface area contributed by atoms with Crippen LogP contribution in [0.5, 0.6) is 0 Å². The summed E-state index contributed by atoms with van der Waals surface area (Å²) in [7, 11) is 0. The second-order valence-electron chi connectivity index (χ2n) is 6.02. The molecular formula is C15H21N3. The van der Waals surface area contributed by atoms with Crippen molar-refractivity contribution in [1.82, 2.24) is 9.55 Å². The molecule has 96 valence electrons. The third-order valence-corrected chi connectivity index (χ3v) is 4.35. The molecule has 1 aliphatic rings. The number of anilines is 1. The minimum absolute atomic E-state index is 0.393. The molecule has 0 bridgehead atoms. The van der Waals surface area contributed by atoms with Crippen molar-refractivity contribution in [2.24, 2.45) is 5.41 Å². The van der Waals surface area contributed by atoms with Crippen LogP contribution < -0.4 is 5.73 Å². The Kier molecular flexibility index (Phi) is 2.58. The minimum Gasteiger partial charge on any atom is -0.369 e. The number of hydrogen-bond donors (Lipinski definition) is 1. The van der Waals surface area contributed by atoms with Crippen LogP contribution in [-0.4, -0.2) is 9.55 Å². The Morgan fingerprint density at radius 3 is 2.78 bits per heavy atom. The highest BCUT2D eigenvalue weighted by Crippen LogP contribution is 2.40. The fourth-order valence-electron chi connectivity index (χ4n) is 3.31. The van der Waals surface area contributed by atoms with Gasteiger partial charge in [0.25, 0.3) is 0 Å². The fraction of sp³-hybridized carbons (Fsp3) is 0.533. The largest absolute Gasteiger partial charge is 0.369 e. The smallest absolute Gasteiger partial charge is 0.201 e. The first-order valence-electron chi connectivity index (χ1n) is 6.80. The van der Waals surface area contributed by atoms with Crippen LogP contribution >= 0.6 is 0 Å². The first kappa shape index (κ1) is 11.6. The van der Waals surface area contributed by atoms with Crippen LogP contribution in [0.4, 0.5) is 5.95 Å². The lowest BCUT2D eigenvalue weighted by Crippen LogP contribution is -2.20. The highest BCUT2D eigenvalue weighted by Gasteiger charge is 2.30. The Balaban J connectivity index is 2.08. The van der Waals surface area contributed by atoms with E-state index in [0.29, 0.717) is 11.4 Å². The van der Waals surface area contributed by atoms with Gasteiger partial charge in [0, 0.05) is 6.54 Å². The molecule has 0 radical (unpaired) electrons. The number of rotatable bonds is 2. The Morgan fingerprint density at radius 2 is 2.06 bits per heavy atom. The summed E-state index contributed by atoms with van der Waals surface area (Å²) in [5.74, 6) is 0.660. The molecule has 1 aromatic carbocycles. The zero-order valence-corrected chi connectivity index (χ0v) is 11.2. The lowest BCUT2D eigenvalue weighted by atomic mass is 9.89. The molecule has 0 aliphatic heterocycles. The third kappa shape index (κ3) is 1.78. The predicted octanol–water partition coefficient (Wildman–Crippen LogP) is 3.51. The molecule has 1 aliphatic carbocycles. The van der Waals surface area contributed by atoms with E-state index in [1.807, 2.05) is 12.1 Å². The van der Waals surface area contributed by atoms with Crippen molar-refractivity contribution in [3.05, 3.63) is 23.8 Å². The molecule has 2 aromatic rings. The van der Waals surface area contributed by atoms with E-state index in [-0.39, 0.29) is 0 Å². The Labute approximate surface area is 108 Å². The fourth-order valence-corrected chi connectivity index (χ4v) is 3.31. The van der Waals surface area contributed by atoms with Gasteiger partial charge in [0.05, 0.1) is 11.0 Å². The summed E-state index contributed by atoms with van der Waals surface area (Å²) in [6, 6.07) is 6.23. The minimum atomic E-state index is 0.393. The molecular weight excluding hydrogens is 222 g/mol. The summed E-state index contributed by atoms with van der Waals surface area (Å²) >= 11 is 0. The lowest BCUT2D eigenvalue weighted by Gasteiger charge is -2.25. The monoisotopic (exact) mass is 243 g/mol. The molecule has 1 saturated carbocycles. The highest BCUT2D eigenvalue weighted by molar-refractivity contribution is 5.81. The number of benzene rings is 1. The normalized spacial score (nSPS) is 18.6. The van der Waals surface area contributed by atoms with Crippen LogP contribution in [0.15, 0.2) is 18.2 Å². The van der Waals surface area contributed by atoms with Crippen LogP contribution in [0.25, 0.3) is 11.0 Å². The van der Waals surface area contributed by atoms with Crippen LogP contribution in [-0.2, 0) is 6.54 Å². The van der Waals surface area contributed by atoms with Gasteiger partial charge < -0.3 is 10.3 Å². The number of nitrogens with zero attached hydrogens (tertiary/aromatic N) is 2. The Morgan fingerprint density at radius 1 is 1.33 bits per heavy atom. The number of nitrogen functional groups attached to an aromatic ring is 1. The summed E-state index contributed by atoms with van der Waals surface area (Å²) in [6.45, 7) is 5.51. The van der Waals surface area contributed by atoms with Gasteiger partial charge in [-0.3, -0.25) is 0 Å². The summed E-state index contributed by atoms with van der Waals surface area (Å²) < 4.78 is 2.22. The zero-order chi connectivity index (χ0) is 12.8. The predicted molar refractivity (Wildman–Crippen MR) is 75.5 cm³/mol. The van der Waals surface area contributed by atoms with Crippen LogP contribution in [0.1, 0.15) is 38.2 Å². The van der Waals surface area contributed by atoms with E-state index in [1.54, 1.807) is 0 Å². The quantitative estimate of drug-likeness (QED) is 0.877. The maximum Gasteiger partial charge on any atom is 0.201 e. The van der Waals surface area contributed by atoms with Gasteiger partial charge >= 0.3 is 0 Å². The maximum atomic E-state index is 6.11. The topological polar surface area (TPSA) is 43.8 Å². The number of para-hydroxylation sites is 1. The van der Waals surface area contributed by atoms with Crippen molar-refractivity contribution in [2.45, 2.75) is 46.1 Å². The molecule has 3 heteroatoms. The van der Waals surface area contributed by atoms with Gasteiger partial charge in [0.1, 0.15) is 0 Å². The molecule has 0 amide bonds. The van der Waals surface area contributed by atoms with Crippen molar-refractivity contribution < 1.29 is 0 Å². The van der Waals surface area contributed by atoms with Crippen molar-refractivity contribution >= 4 is 17.0 Å². The van der Waals surface area contributed by atoms with Gasteiger partial charge in [-0.15, -0.1) is 0 Å². The molecule has 3 nitrogen and oxygen atoms in total. The van der Waals surface area contributed by atoms with Crippen LogP contribution in [0.3, 0.4) is 0 Å². The number of aryl methyl sites for hydroxylation is 1. The molecule has 0 unspecified atom stereocenters. The number of imidazole rings is 1. The Bertz CT molecular complexity index is 577. The molecule has 1 aromatic heterocycles. The average molecular weight is 243 g/mol. The lowest BCUT2D eigenvalue weighted by molar-refractivity contribution is 0.287. The van der Waals surface area contributed by atoms with Gasteiger partial charge in [-0.1, -0.05) is 31.9 Å². The summed E-state index contributed by atoms with van der Waals surface area (Å²) in [5, 5.41) is 0. The van der Waals surface area contributed by atoms with Gasteiger partial charge in [-0.25, -0.2) is 4.98 Å². The van der Waals surface area contributed by atoms with E-state index >= 15 is 0 Å². The summed E-state index contributed by atoms with van der Waals surface area (Å²) in [6.07, 6.45) is 5.31. The van der Waals surface area contributed by atoms with E-state index < -0.39 is 0 Å². The molecule has 3 rings (SSSR count). The second kappa shape index (κ2) is 4.01. The third-order valence-electron chi connectivity index (χ3n) is 4.35. The molecule has 1 fully saturated rings. The van der Waals surface area contributed by atoms with E-state index in [1.165, 1.54) is 36.8 Å². The standard InChI is InChI=1S/C15H21N3/c1-11-6-5-7-12-13(11)18(14(16)17-12)10-15(2)8-3-4-9-15/h5-7H,3-4,8-10H2,1-2H3,(H2,16,17). The van der Waals surface area contributed by atoms with Crippen LogP contribution in [0, 0.1) is 12.3 Å². The van der Waals surface area contributed by atoms with E-state index in [0.717, 1.165) is 12.1 Å². The van der Waals surface area contributed by atoms with E-state index in [9.17, 15) is 0 Å². The van der Waals surface area contributed by atoms with Crippen molar-refractivity contribution in [2.75, 3.05) is 5.73 Å². The second-order valence-corrected chi connectivity index (χ2v) is 6.02. The van der Waals surface area contributed by atoms with Crippen LogP contribution in [0.2, 0.25) is 0 Å². The molecule has 0 spiro atoms. The number of nitrogens with two attached hydrogens (primary N) is 1. The number of hydrogen-bond acceptors (Lipinski definition) is 2. The van der Waals surface area contributed by atoms with Gasteiger partial charge in [-0.05, 0) is 36.8 Å².